The molecule has 6 heteroatoms. The molecule has 0 aliphatic heterocycles. The van der Waals surface area contributed by atoms with Gasteiger partial charge in [-0.1, -0.05) is 12.1 Å². The Hall–Kier alpha value is -2.21. The minimum atomic E-state index is -0.174. The van der Waals surface area contributed by atoms with E-state index < -0.39 is 0 Å². The fraction of sp³-hybridized carbons (Fsp3) is 0.154. The van der Waals surface area contributed by atoms with Gasteiger partial charge in [-0.15, -0.1) is 11.3 Å². The first-order chi connectivity index (χ1) is 9.33. The highest BCUT2D eigenvalue weighted by Gasteiger charge is 2.10. The first kappa shape index (κ1) is 11.9. The third kappa shape index (κ3) is 2.63. The molecular weight excluding hydrogens is 260 g/mol. The van der Waals surface area contributed by atoms with E-state index in [1.54, 1.807) is 28.3 Å². The predicted octanol–water partition coefficient (Wildman–Crippen LogP) is 1.67. The Labute approximate surface area is 113 Å². The largest absolute Gasteiger partial charge is 0.343 e. The summed E-state index contributed by atoms with van der Waals surface area (Å²) in [5.74, 6) is 0.728. The van der Waals surface area contributed by atoms with Crippen LogP contribution in [0.4, 0.5) is 0 Å². The number of nitrogens with one attached hydrogen (secondary N) is 1. The molecule has 0 aliphatic rings. The second-order valence-electron chi connectivity index (χ2n) is 4.15. The highest BCUT2D eigenvalue weighted by atomic mass is 32.1. The van der Waals surface area contributed by atoms with Crippen LogP contribution in [0.2, 0.25) is 0 Å². The molecule has 0 saturated heterocycles. The van der Waals surface area contributed by atoms with Gasteiger partial charge in [0.25, 0.3) is 0 Å². The lowest BCUT2D eigenvalue weighted by molar-refractivity contribution is 0.725. The highest BCUT2D eigenvalue weighted by molar-refractivity contribution is 7.09. The van der Waals surface area contributed by atoms with Crippen LogP contribution < -0.4 is 5.69 Å². The molecule has 3 rings (SSSR count). The zero-order valence-corrected chi connectivity index (χ0v) is 10.9. The van der Waals surface area contributed by atoms with Gasteiger partial charge in [0, 0.05) is 23.7 Å². The smallest absolute Gasteiger partial charge is 0.274 e. The Kier molecular flexibility index (Phi) is 3.24. The quantitative estimate of drug-likeness (QED) is 0.785. The summed E-state index contributed by atoms with van der Waals surface area (Å²) >= 11 is 1.63. The van der Waals surface area contributed by atoms with Gasteiger partial charge >= 0.3 is 5.69 Å². The van der Waals surface area contributed by atoms with Gasteiger partial charge in [-0.05, 0) is 23.1 Å². The molecule has 0 unspecified atom stereocenters. The van der Waals surface area contributed by atoms with Crippen LogP contribution in [-0.4, -0.2) is 19.7 Å². The van der Waals surface area contributed by atoms with Gasteiger partial charge in [0.15, 0.2) is 0 Å². The number of aromatic amines is 1. The predicted molar refractivity (Wildman–Crippen MR) is 73.3 cm³/mol. The van der Waals surface area contributed by atoms with Gasteiger partial charge < -0.3 is 0 Å². The molecule has 0 saturated carbocycles. The molecule has 0 amide bonds. The normalized spacial score (nSPS) is 10.7. The fourth-order valence-electron chi connectivity index (χ4n) is 1.89. The molecule has 3 aromatic rings. The molecule has 0 atom stereocenters. The van der Waals surface area contributed by atoms with Crippen molar-refractivity contribution in [3.8, 4) is 0 Å². The van der Waals surface area contributed by atoms with Crippen molar-refractivity contribution in [1.82, 2.24) is 19.7 Å². The minimum absolute atomic E-state index is 0.174. The zero-order valence-electron chi connectivity index (χ0n) is 10.1. The van der Waals surface area contributed by atoms with E-state index in [9.17, 15) is 4.79 Å². The van der Waals surface area contributed by atoms with Gasteiger partial charge in [-0.25, -0.2) is 9.89 Å². The molecule has 3 heterocycles. The monoisotopic (exact) mass is 272 g/mol. The molecule has 5 nitrogen and oxygen atoms in total. The van der Waals surface area contributed by atoms with E-state index in [1.807, 2.05) is 29.6 Å². The highest BCUT2D eigenvalue weighted by Crippen LogP contribution is 2.11. The van der Waals surface area contributed by atoms with Gasteiger partial charge in [-0.3, -0.25) is 9.55 Å². The fourth-order valence-corrected chi connectivity index (χ4v) is 2.58. The summed E-state index contributed by atoms with van der Waals surface area (Å²) in [6.07, 6.45) is 4.11. The Morgan fingerprint density at radius 1 is 1.32 bits per heavy atom. The van der Waals surface area contributed by atoms with Crippen LogP contribution >= 0.6 is 11.3 Å². The van der Waals surface area contributed by atoms with Crippen molar-refractivity contribution >= 4 is 11.3 Å². The Bertz CT molecular complexity index is 700. The van der Waals surface area contributed by atoms with E-state index in [4.69, 9.17) is 0 Å². The summed E-state index contributed by atoms with van der Waals surface area (Å²) in [4.78, 5) is 17.0. The summed E-state index contributed by atoms with van der Waals surface area (Å²) < 4.78 is 1.67. The first-order valence-corrected chi connectivity index (χ1v) is 6.76. The molecular formula is C13H12N4OS. The number of thiophene rings is 1. The van der Waals surface area contributed by atoms with E-state index in [0.717, 1.165) is 16.3 Å². The minimum Gasteiger partial charge on any atom is -0.274 e. The topological polar surface area (TPSA) is 63.6 Å². The number of H-pyrrole nitrogens is 1. The number of pyridine rings is 1. The van der Waals surface area contributed by atoms with Gasteiger partial charge in [0.05, 0.1) is 6.54 Å². The molecule has 19 heavy (non-hydrogen) atoms. The standard InChI is InChI=1S/C13H12N4OS/c18-13-16-15-12(7-10-3-1-5-14-8-10)17(13)9-11-4-2-6-19-11/h1-6,8H,7,9H2,(H,16,18). The molecule has 0 radical (unpaired) electrons. The average Bonchev–Trinajstić information content (AvgIpc) is 3.05. The van der Waals surface area contributed by atoms with Gasteiger partial charge in [0.1, 0.15) is 5.82 Å². The maximum Gasteiger partial charge on any atom is 0.343 e. The number of hydrogen-bond acceptors (Lipinski definition) is 4. The molecule has 0 bridgehead atoms. The van der Waals surface area contributed by atoms with Crippen molar-refractivity contribution < 1.29 is 0 Å². The molecule has 96 valence electrons. The van der Waals surface area contributed by atoms with Crippen LogP contribution in [0.3, 0.4) is 0 Å². The van der Waals surface area contributed by atoms with Crippen LogP contribution in [0.15, 0.2) is 46.8 Å². The average molecular weight is 272 g/mol. The van der Waals surface area contributed by atoms with Crippen LogP contribution in [0.25, 0.3) is 0 Å². The van der Waals surface area contributed by atoms with Crippen LogP contribution in [0.1, 0.15) is 16.3 Å². The molecule has 1 N–H and O–H groups in total. The molecule has 0 aromatic carbocycles. The second-order valence-corrected chi connectivity index (χ2v) is 5.18. The van der Waals surface area contributed by atoms with Crippen molar-refractivity contribution in [3.63, 3.8) is 0 Å². The molecule has 0 spiro atoms. The van der Waals surface area contributed by atoms with Gasteiger partial charge in [-0.2, -0.15) is 5.10 Å². The van der Waals surface area contributed by atoms with E-state index in [1.165, 1.54) is 0 Å². The van der Waals surface area contributed by atoms with E-state index in [2.05, 4.69) is 15.2 Å². The van der Waals surface area contributed by atoms with Crippen LogP contribution in [-0.2, 0) is 13.0 Å². The number of hydrogen-bond donors (Lipinski definition) is 1. The lowest BCUT2D eigenvalue weighted by Crippen LogP contribution is -2.19. The summed E-state index contributed by atoms with van der Waals surface area (Å²) in [5.41, 5.74) is 0.862. The van der Waals surface area contributed by atoms with Crippen molar-refractivity contribution in [3.05, 3.63) is 68.8 Å². The first-order valence-electron chi connectivity index (χ1n) is 5.88. The van der Waals surface area contributed by atoms with E-state index >= 15 is 0 Å². The number of rotatable bonds is 4. The third-order valence-electron chi connectivity index (χ3n) is 2.82. The maximum absolute atomic E-state index is 11.8. The van der Waals surface area contributed by atoms with Crippen molar-refractivity contribution in [1.29, 1.82) is 0 Å². The van der Waals surface area contributed by atoms with Crippen molar-refractivity contribution in [2.45, 2.75) is 13.0 Å². The number of aromatic nitrogens is 4. The van der Waals surface area contributed by atoms with E-state index in [-0.39, 0.29) is 5.69 Å². The zero-order chi connectivity index (χ0) is 13.1. The van der Waals surface area contributed by atoms with Crippen LogP contribution in [0, 0.1) is 0 Å². The lowest BCUT2D eigenvalue weighted by Gasteiger charge is -2.04. The summed E-state index contributed by atoms with van der Waals surface area (Å²) in [6, 6.07) is 7.84. The lowest BCUT2D eigenvalue weighted by atomic mass is 10.2. The SMILES string of the molecule is O=c1[nH]nc(Cc2cccnc2)n1Cc1cccs1. The Morgan fingerprint density at radius 3 is 3.00 bits per heavy atom. The van der Waals surface area contributed by atoms with Crippen molar-refractivity contribution in [2.24, 2.45) is 0 Å². The maximum atomic E-state index is 11.8. The molecule has 3 aromatic heterocycles. The van der Waals surface area contributed by atoms with E-state index in [0.29, 0.717) is 13.0 Å². The second kappa shape index (κ2) is 5.19. The summed E-state index contributed by atoms with van der Waals surface area (Å²) in [5, 5.41) is 8.61. The van der Waals surface area contributed by atoms with Crippen LogP contribution in [0.5, 0.6) is 0 Å². The third-order valence-corrected chi connectivity index (χ3v) is 3.68. The molecule has 0 aliphatic carbocycles. The van der Waals surface area contributed by atoms with Gasteiger partial charge in [0.2, 0.25) is 0 Å². The van der Waals surface area contributed by atoms with Crippen molar-refractivity contribution in [2.75, 3.05) is 0 Å². The summed E-state index contributed by atoms with van der Waals surface area (Å²) in [7, 11) is 0. The Balaban J connectivity index is 1.88. The molecule has 0 fully saturated rings. The summed E-state index contributed by atoms with van der Waals surface area (Å²) in [6.45, 7) is 0.558. The Morgan fingerprint density at radius 2 is 2.26 bits per heavy atom. The number of nitrogens with zero attached hydrogens (tertiary/aromatic N) is 3.